The molecule has 0 aliphatic carbocycles. The van der Waals surface area contributed by atoms with Crippen LogP contribution in [0.25, 0.3) is 0 Å². The van der Waals surface area contributed by atoms with Gasteiger partial charge in [0, 0.05) is 11.6 Å². The van der Waals surface area contributed by atoms with Crippen LogP contribution in [0.15, 0.2) is 18.2 Å². The topological polar surface area (TPSA) is 83.6 Å². The van der Waals surface area contributed by atoms with Gasteiger partial charge in [0.15, 0.2) is 0 Å². The fraction of sp³-hybridized carbons (Fsp3) is 0.125. The van der Waals surface area contributed by atoms with Crippen LogP contribution >= 0.6 is 0 Å². The first-order valence-electron chi connectivity index (χ1n) is 3.49. The number of benzene rings is 1. The van der Waals surface area contributed by atoms with Gasteiger partial charge in [0.05, 0.1) is 0 Å². The van der Waals surface area contributed by atoms with Crippen molar-refractivity contribution in [2.75, 3.05) is 0 Å². The quantitative estimate of drug-likeness (QED) is 0.630. The fourth-order valence-corrected chi connectivity index (χ4v) is 0.901. The molecule has 0 heterocycles. The highest BCUT2D eigenvalue weighted by molar-refractivity contribution is 5.75. The van der Waals surface area contributed by atoms with Crippen molar-refractivity contribution in [3.05, 3.63) is 29.6 Å². The van der Waals surface area contributed by atoms with Crippen LogP contribution in [0.3, 0.4) is 0 Å². The minimum atomic E-state index is -1.40. The van der Waals surface area contributed by atoms with Crippen molar-refractivity contribution in [1.29, 1.82) is 0 Å². The van der Waals surface area contributed by atoms with Crippen molar-refractivity contribution in [2.24, 2.45) is 5.73 Å². The third kappa shape index (κ3) is 1.94. The highest BCUT2D eigenvalue weighted by Gasteiger charge is 2.18. The number of phenols is 1. The number of hydrogen-bond donors (Lipinski definition) is 3. The highest BCUT2D eigenvalue weighted by Crippen LogP contribution is 2.19. The van der Waals surface area contributed by atoms with E-state index in [-0.39, 0.29) is 11.3 Å². The summed E-state index contributed by atoms with van der Waals surface area (Å²) in [5.74, 6) is -2.40. The monoisotopic (exact) mass is 185 g/mol. The summed E-state index contributed by atoms with van der Waals surface area (Å²) in [6.07, 6.45) is 0. The van der Waals surface area contributed by atoms with Crippen LogP contribution in [0, 0.1) is 5.82 Å². The average molecular weight is 185 g/mol. The van der Waals surface area contributed by atoms with E-state index < -0.39 is 17.8 Å². The van der Waals surface area contributed by atoms with E-state index in [4.69, 9.17) is 15.9 Å². The molecule has 13 heavy (non-hydrogen) atoms. The third-order valence-electron chi connectivity index (χ3n) is 1.59. The second-order valence-electron chi connectivity index (χ2n) is 2.52. The summed E-state index contributed by atoms with van der Waals surface area (Å²) < 4.78 is 13.0. The predicted molar refractivity (Wildman–Crippen MR) is 42.6 cm³/mol. The summed E-state index contributed by atoms with van der Waals surface area (Å²) in [5.41, 5.74) is 5.02. The lowest BCUT2D eigenvalue weighted by atomic mass is 10.1. The second-order valence-corrected chi connectivity index (χ2v) is 2.52. The number of aliphatic carboxylic acids is 1. The lowest BCUT2D eigenvalue weighted by Crippen LogP contribution is -2.21. The van der Waals surface area contributed by atoms with Crippen molar-refractivity contribution in [1.82, 2.24) is 0 Å². The molecule has 0 saturated heterocycles. The summed E-state index contributed by atoms with van der Waals surface area (Å²) in [5, 5.41) is 17.3. The van der Waals surface area contributed by atoms with E-state index in [0.717, 1.165) is 12.1 Å². The number of hydrogen-bond acceptors (Lipinski definition) is 3. The highest BCUT2D eigenvalue weighted by atomic mass is 19.1. The van der Waals surface area contributed by atoms with Crippen molar-refractivity contribution < 1.29 is 19.4 Å². The summed E-state index contributed by atoms with van der Waals surface area (Å²) in [4.78, 5) is 10.4. The van der Waals surface area contributed by atoms with Crippen molar-refractivity contribution in [3.63, 3.8) is 0 Å². The van der Waals surface area contributed by atoms with E-state index >= 15 is 0 Å². The van der Waals surface area contributed by atoms with Gasteiger partial charge in [-0.15, -0.1) is 0 Å². The number of aromatic hydroxyl groups is 1. The van der Waals surface area contributed by atoms with E-state index in [9.17, 15) is 9.18 Å². The van der Waals surface area contributed by atoms with E-state index in [1.54, 1.807) is 0 Å². The lowest BCUT2D eigenvalue weighted by molar-refractivity contribution is -0.138. The number of carboxylic acid groups (broad SMARTS) is 1. The van der Waals surface area contributed by atoms with Crippen LogP contribution in [-0.4, -0.2) is 16.2 Å². The average Bonchev–Trinajstić information content (AvgIpc) is 2.03. The van der Waals surface area contributed by atoms with Gasteiger partial charge in [-0.2, -0.15) is 0 Å². The van der Waals surface area contributed by atoms with Gasteiger partial charge in [-0.05, 0) is 6.07 Å². The van der Waals surface area contributed by atoms with Crippen LogP contribution in [0.5, 0.6) is 5.75 Å². The van der Waals surface area contributed by atoms with Crippen LogP contribution in [0.4, 0.5) is 4.39 Å². The Morgan fingerprint density at radius 2 is 2.15 bits per heavy atom. The fourth-order valence-electron chi connectivity index (χ4n) is 0.901. The standard InChI is InChI=1S/C8H8FNO3/c9-6-3-4(11)1-2-5(6)7(10)8(12)13/h1-3,7,11H,10H2,(H,12,13)/t7-/m0/s1. The zero-order valence-electron chi connectivity index (χ0n) is 6.57. The molecule has 0 spiro atoms. The largest absolute Gasteiger partial charge is 0.508 e. The molecule has 0 aromatic heterocycles. The molecule has 0 fully saturated rings. The molecule has 0 unspecified atom stereocenters. The Labute approximate surface area is 73.4 Å². The Balaban J connectivity index is 3.08. The Morgan fingerprint density at radius 3 is 2.62 bits per heavy atom. The molecule has 70 valence electrons. The zero-order valence-corrected chi connectivity index (χ0v) is 6.57. The van der Waals surface area contributed by atoms with Crippen LogP contribution in [0.2, 0.25) is 0 Å². The van der Waals surface area contributed by atoms with Crippen molar-refractivity contribution in [2.45, 2.75) is 6.04 Å². The molecule has 0 aliphatic rings. The second kappa shape index (κ2) is 3.40. The molecule has 0 saturated carbocycles. The first-order valence-corrected chi connectivity index (χ1v) is 3.49. The predicted octanol–water partition coefficient (Wildman–Crippen LogP) is 0.616. The minimum Gasteiger partial charge on any atom is -0.508 e. The van der Waals surface area contributed by atoms with Gasteiger partial charge in [0.2, 0.25) is 0 Å². The summed E-state index contributed by atoms with van der Waals surface area (Å²) in [6, 6.07) is 1.74. The molecule has 4 N–H and O–H groups in total. The minimum absolute atomic E-state index is 0.148. The van der Waals surface area contributed by atoms with Gasteiger partial charge >= 0.3 is 5.97 Å². The van der Waals surface area contributed by atoms with E-state index in [2.05, 4.69) is 0 Å². The maximum Gasteiger partial charge on any atom is 0.325 e. The van der Waals surface area contributed by atoms with Gasteiger partial charge in [0.1, 0.15) is 17.6 Å². The molecule has 1 aromatic carbocycles. The van der Waals surface area contributed by atoms with Gasteiger partial charge in [-0.1, -0.05) is 6.07 Å². The van der Waals surface area contributed by atoms with Crippen LogP contribution in [0.1, 0.15) is 11.6 Å². The first kappa shape index (κ1) is 9.47. The van der Waals surface area contributed by atoms with E-state index in [0.29, 0.717) is 0 Å². The zero-order chi connectivity index (χ0) is 10.0. The molecule has 1 rings (SSSR count). The number of carbonyl (C=O) groups is 1. The van der Waals surface area contributed by atoms with Crippen molar-refractivity contribution in [3.8, 4) is 5.75 Å². The summed E-state index contributed by atoms with van der Waals surface area (Å²) in [7, 11) is 0. The van der Waals surface area contributed by atoms with Crippen LogP contribution < -0.4 is 5.73 Å². The normalized spacial score (nSPS) is 12.5. The lowest BCUT2D eigenvalue weighted by Gasteiger charge is -2.07. The molecule has 0 bridgehead atoms. The number of nitrogens with two attached hydrogens (primary N) is 1. The number of phenolic OH excluding ortho intramolecular Hbond substituents is 1. The summed E-state index contributed by atoms with van der Waals surface area (Å²) in [6.45, 7) is 0. The van der Waals surface area contributed by atoms with Gasteiger partial charge in [-0.3, -0.25) is 4.79 Å². The number of carboxylic acids is 1. The molecule has 0 amide bonds. The SMILES string of the molecule is N[C@H](C(=O)O)c1ccc(O)cc1F. The molecule has 1 aromatic rings. The van der Waals surface area contributed by atoms with Crippen LogP contribution in [-0.2, 0) is 4.79 Å². The Morgan fingerprint density at radius 1 is 1.54 bits per heavy atom. The van der Waals surface area contributed by atoms with Gasteiger partial charge in [-0.25, -0.2) is 4.39 Å². The summed E-state index contributed by atoms with van der Waals surface area (Å²) >= 11 is 0. The molecule has 5 heteroatoms. The molecule has 0 aliphatic heterocycles. The molecule has 1 atom stereocenters. The van der Waals surface area contributed by atoms with Gasteiger partial charge in [0.25, 0.3) is 0 Å². The van der Waals surface area contributed by atoms with E-state index in [1.807, 2.05) is 0 Å². The van der Waals surface area contributed by atoms with E-state index in [1.165, 1.54) is 6.07 Å². The number of halogens is 1. The van der Waals surface area contributed by atoms with Gasteiger partial charge < -0.3 is 15.9 Å². The molecular weight excluding hydrogens is 177 g/mol. The maximum atomic E-state index is 13.0. The molecule has 0 radical (unpaired) electrons. The Hall–Kier alpha value is -1.62. The van der Waals surface area contributed by atoms with Crippen molar-refractivity contribution >= 4 is 5.97 Å². The smallest absolute Gasteiger partial charge is 0.325 e. The molecular formula is C8H8FNO3. The molecule has 4 nitrogen and oxygen atoms in total. The number of rotatable bonds is 2. The first-order chi connectivity index (χ1) is 6.02. The Bertz CT molecular complexity index is 340. The Kier molecular flexibility index (Phi) is 2.48. The maximum absolute atomic E-state index is 13.0. The third-order valence-corrected chi connectivity index (χ3v) is 1.59.